The minimum absolute atomic E-state index is 0.0588. The fourth-order valence-electron chi connectivity index (χ4n) is 2.44. The molecular weight excluding hydrogens is 276 g/mol. The molecule has 0 aliphatic heterocycles. The van der Waals surface area contributed by atoms with Crippen LogP contribution in [0.25, 0.3) is 0 Å². The highest BCUT2D eigenvalue weighted by Crippen LogP contribution is 2.34. The van der Waals surface area contributed by atoms with Gasteiger partial charge >= 0.3 is 5.97 Å². The van der Waals surface area contributed by atoms with E-state index in [1.54, 1.807) is 13.0 Å². The first-order valence-corrected chi connectivity index (χ1v) is 6.76. The Hall–Kier alpha value is -1.50. The molecule has 1 aliphatic rings. The maximum absolute atomic E-state index is 11.7. The van der Waals surface area contributed by atoms with Crippen LogP contribution in [0.3, 0.4) is 0 Å². The molecule has 6 heteroatoms. The van der Waals surface area contributed by atoms with E-state index in [4.69, 9.17) is 5.11 Å². The smallest absolute Gasteiger partial charge is 0.333 e. The molecule has 21 heavy (non-hydrogen) atoms. The highest BCUT2D eigenvalue weighted by Gasteiger charge is 2.39. The Balaban J connectivity index is 2.74. The van der Waals surface area contributed by atoms with Crippen LogP contribution in [0.5, 0.6) is 0 Å². The zero-order valence-electron chi connectivity index (χ0n) is 12.2. The number of rotatable bonds is 6. The molecule has 0 amide bonds. The number of aliphatic carboxylic acids is 1. The van der Waals surface area contributed by atoms with Crippen LogP contribution in [0.15, 0.2) is 23.8 Å². The first kappa shape index (κ1) is 17.6. The van der Waals surface area contributed by atoms with Crippen LogP contribution in [0.2, 0.25) is 0 Å². The van der Waals surface area contributed by atoms with Crippen LogP contribution in [0, 0.1) is 5.92 Å². The molecule has 0 fully saturated rings. The van der Waals surface area contributed by atoms with Gasteiger partial charge in [0.05, 0.1) is 17.3 Å². The Labute approximate surface area is 123 Å². The number of aliphatic hydroxyl groups is 3. The molecule has 4 N–H and O–H groups in total. The zero-order chi connectivity index (χ0) is 16.4. The molecule has 1 aliphatic carbocycles. The van der Waals surface area contributed by atoms with Crippen molar-refractivity contribution in [2.24, 2.45) is 5.92 Å². The standard InChI is InChI=1S/C15H22O6/c1-8-4-5-10(6-11(8)16)15(3,21)7-12(17)13(18)9(2)14(19)20/h4,10,12-13,17-18,21H,2,5-7H2,1,3H3,(H,19,20)/t10-,12+,13+,15-/m1/s1. The van der Waals surface area contributed by atoms with Gasteiger partial charge in [0.2, 0.25) is 0 Å². The molecule has 0 spiro atoms. The van der Waals surface area contributed by atoms with E-state index in [2.05, 4.69) is 6.58 Å². The van der Waals surface area contributed by atoms with E-state index in [9.17, 15) is 24.9 Å². The molecule has 0 radical (unpaired) electrons. The van der Waals surface area contributed by atoms with Crippen molar-refractivity contribution in [3.8, 4) is 0 Å². The molecule has 0 saturated carbocycles. The topological polar surface area (TPSA) is 115 Å². The Morgan fingerprint density at radius 1 is 1.52 bits per heavy atom. The van der Waals surface area contributed by atoms with Gasteiger partial charge in [0, 0.05) is 12.8 Å². The van der Waals surface area contributed by atoms with Crippen LogP contribution >= 0.6 is 0 Å². The number of carbonyl (C=O) groups is 2. The summed E-state index contributed by atoms with van der Waals surface area (Å²) in [6.45, 7) is 6.37. The van der Waals surface area contributed by atoms with Gasteiger partial charge in [-0.3, -0.25) is 4.79 Å². The minimum Gasteiger partial charge on any atom is -0.478 e. The fourth-order valence-corrected chi connectivity index (χ4v) is 2.44. The summed E-state index contributed by atoms with van der Waals surface area (Å²) in [7, 11) is 0. The van der Waals surface area contributed by atoms with Crippen molar-refractivity contribution in [1.82, 2.24) is 0 Å². The van der Waals surface area contributed by atoms with Crippen LogP contribution in [-0.2, 0) is 9.59 Å². The molecule has 0 bridgehead atoms. The summed E-state index contributed by atoms with van der Waals surface area (Å²) in [6, 6.07) is 0. The van der Waals surface area contributed by atoms with Crippen LogP contribution in [-0.4, -0.2) is 50.0 Å². The molecular formula is C15H22O6. The van der Waals surface area contributed by atoms with E-state index in [-0.39, 0.29) is 24.5 Å². The van der Waals surface area contributed by atoms with Crippen LogP contribution in [0.1, 0.15) is 33.1 Å². The number of hydrogen-bond acceptors (Lipinski definition) is 5. The molecule has 0 saturated heterocycles. The quantitative estimate of drug-likeness (QED) is 0.528. The van der Waals surface area contributed by atoms with Crippen molar-refractivity contribution in [2.45, 2.75) is 50.9 Å². The summed E-state index contributed by atoms with van der Waals surface area (Å²) in [5.41, 5.74) is -1.28. The SMILES string of the molecule is C=C(C(=O)O)[C@H](O)[C@@H](O)C[C@@](C)(O)[C@@H]1CC=C(C)C(=O)C1. The second-order valence-corrected chi connectivity index (χ2v) is 5.85. The number of aliphatic hydroxyl groups excluding tert-OH is 2. The Bertz CT molecular complexity index is 477. The number of ketones is 1. The van der Waals surface area contributed by atoms with Crippen LogP contribution < -0.4 is 0 Å². The van der Waals surface area contributed by atoms with E-state index in [0.717, 1.165) is 0 Å². The summed E-state index contributed by atoms with van der Waals surface area (Å²) in [5.74, 6) is -1.85. The van der Waals surface area contributed by atoms with Gasteiger partial charge < -0.3 is 20.4 Å². The van der Waals surface area contributed by atoms with E-state index in [1.807, 2.05) is 0 Å². The van der Waals surface area contributed by atoms with Gasteiger partial charge in [-0.15, -0.1) is 0 Å². The van der Waals surface area contributed by atoms with Gasteiger partial charge in [0.15, 0.2) is 5.78 Å². The van der Waals surface area contributed by atoms with E-state index >= 15 is 0 Å². The number of allylic oxidation sites excluding steroid dienone is 2. The van der Waals surface area contributed by atoms with Crippen molar-refractivity contribution in [3.05, 3.63) is 23.8 Å². The lowest BCUT2D eigenvalue weighted by Crippen LogP contribution is -2.44. The van der Waals surface area contributed by atoms with Gasteiger partial charge in [-0.2, -0.15) is 0 Å². The van der Waals surface area contributed by atoms with Crippen molar-refractivity contribution < 1.29 is 30.0 Å². The first-order valence-electron chi connectivity index (χ1n) is 6.76. The number of carboxylic acids is 1. The maximum atomic E-state index is 11.7. The van der Waals surface area contributed by atoms with Gasteiger partial charge in [0.25, 0.3) is 0 Å². The summed E-state index contributed by atoms with van der Waals surface area (Å²) in [5, 5.41) is 38.8. The lowest BCUT2D eigenvalue weighted by Gasteiger charge is -2.36. The van der Waals surface area contributed by atoms with E-state index in [1.165, 1.54) is 6.92 Å². The molecule has 118 valence electrons. The molecule has 0 unspecified atom stereocenters. The fraction of sp³-hybridized carbons (Fsp3) is 0.600. The van der Waals surface area contributed by atoms with Crippen molar-refractivity contribution in [3.63, 3.8) is 0 Å². The highest BCUT2D eigenvalue weighted by atomic mass is 16.4. The predicted molar refractivity (Wildman–Crippen MR) is 75.5 cm³/mol. The molecule has 0 aromatic carbocycles. The Morgan fingerprint density at radius 2 is 2.10 bits per heavy atom. The van der Waals surface area contributed by atoms with Gasteiger partial charge in [-0.1, -0.05) is 12.7 Å². The number of carboxylic acid groups (broad SMARTS) is 1. The highest BCUT2D eigenvalue weighted by molar-refractivity contribution is 5.95. The van der Waals surface area contributed by atoms with Crippen LogP contribution in [0.4, 0.5) is 0 Å². The summed E-state index contributed by atoms with van der Waals surface area (Å²) in [6.07, 6.45) is -0.975. The van der Waals surface area contributed by atoms with E-state index < -0.39 is 29.4 Å². The lowest BCUT2D eigenvalue weighted by molar-refractivity contribution is -0.135. The molecule has 0 aromatic heterocycles. The van der Waals surface area contributed by atoms with Crippen molar-refractivity contribution in [2.75, 3.05) is 0 Å². The average molecular weight is 298 g/mol. The van der Waals surface area contributed by atoms with Gasteiger partial charge in [0.1, 0.15) is 6.10 Å². The number of hydrogen-bond donors (Lipinski definition) is 4. The normalized spacial score (nSPS) is 24.7. The summed E-state index contributed by atoms with van der Waals surface area (Å²) >= 11 is 0. The second-order valence-electron chi connectivity index (χ2n) is 5.85. The molecule has 1 rings (SSSR count). The predicted octanol–water partition coefficient (Wildman–Crippen LogP) is 0.415. The molecule has 4 atom stereocenters. The van der Waals surface area contributed by atoms with E-state index in [0.29, 0.717) is 12.0 Å². The molecule has 0 aromatic rings. The van der Waals surface area contributed by atoms with Gasteiger partial charge in [-0.25, -0.2) is 4.79 Å². The maximum Gasteiger partial charge on any atom is 0.333 e. The number of carbonyl (C=O) groups excluding carboxylic acids is 1. The largest absolute Gasteiger partial charge is 0.478 e. The average Bonchev–Trinajstić information content (AvgIpc) is 2.39. The zero-order valence-corrected chi connectivity index (χ0v) is 12.2. The third kappa shape index (κ3) is 4.23. The third-order valence-electron chi connectivity index (χ3n) is 4.08. The Kier molecular flexibility index (Phi) is 5.44. The molecule has 6 nitrogen and oxygen atoms in total. The minimum atomic E-state index is -1.66. The Morgan fingerprint density at radius 3 is 2.57 bits per heavy atom. The van der Waals surface area contributed by atoms with Crippen molar-refractivity contribution in [1.29, 1.82) is 0 Å². The summed E-state index contributed by atoms with van der Waals surface area (Å²) < 4.78 is 0. The third-order valence-corrected chi connectivity index (χ3v) is 4.08. The first-order chi connectivity index (χ1) is 9.56. The van der Waals surface area contributed by atoms with Gasteiger partial charge in [-0.05, 0) is 31.8 Å². The molecule has 0 heterocycles. The lowest BCUT2D eigenvalue weighted by atomic mass is 9.75. The monoisotopic (exact) mass is 298 g/mol. The second kappa shape index (κ2) is 6.51. The summed E-state index contributed by atoms with van der Waals surface area (Å²) in [4.78, 5) is 22.4. The van der Waals surface area contributed by atoms with Crippen molar-refractivity contribution >= 4 is 11.8 Å². The number of Topliss-reactive ketones (excluding diaryl/α,β-unsaturated/α-hetero) is 1.